The van der Waals surface area contributed by atoms with Gasteiger partial charge in [0, 0.05) is 18.7 Å². The molecule has 2 aromatic carbocycles. The van der Waals surface area contributed by atoms with Crippen LogP contribution in [0.3, 0.4) is 0 Å². The van der Waals surface area contributed by atoms with Crippen molar-refractivity contribution in [3.63, 3.8) is 0 Å². The quantitative estimate of drug-likeness (QED) is 0.740. The topological polar surface area (TPSA) is 58.4 Å². The number of amides is 1. The molecule has 138 valence electrons. The number of nitrogens with two attached hydrogens (primary N) is 1. The van der Waals surface area contributed by atoms with Crippen molar-refractivity contribution in [3.05, 3.63) is 52.5 Å². The normalized spacial score (nSPS) is 14.5. The molecule has 1 amide bonds. The molecule has 0 aromatic heterocycles. The standard InChI is InChI=1S/C21H26ClN3O/c1-21(2,3)15-8-6-14(7-9-15)20(26)24-18-13-19(17(23)12-16(18)22)25-10-4-5-11-25/h6-9,12-13H,4-5,10-11,23H2,1-3H3,(H,24,26). The highest BCUT2D eigenvalue weighted by Gasteiger charge is 2.19. The Bertz CT molecular complexity index is 803. The molecule has 1 fully saturated rings. The third-order valence-electron chi connectivity index (χ3n) is 4.82. The molecular weight excluding hydrogens is 346 g/mol. The molecule has 0 unspecified atom stereocenters. The fraction of sp³-hybridized carbons (Fsp3) is 0.381. The van der Waals surface area contributed by atoms with Crippen LogP contribution in [0.1, 0.15) is 49.5 Å². The zero-order valence-corrected chi connectivity index (χ0v) is 16.4. The predicted octanol–water partition coefficient (Wildman–Crippen LogP) is 5.07. The average molecular weight is 372 g/mol. The van der Waals surface area contributed by atoms with E-state index in [1.54, 1.807) is 6.07 Å². The molecule has 1 aliphatic heterocycles. The number of benzene rings is 2. The lowest BCUT2D eigenvalue weighted by atomic mass is 9.87. The molecule has 0 aliphatic carbocycles. The van der Waals surface area contributed by atoms with E-state index in [-0.39, 0.29) is 11.3 Å². The Morgan fingerprint density at radius 1 is 1.12 bits per heavy atom. The Hall–Kier alpha value is -2.20. The fourth-order valence-corrected chi connectivity index (χ4v) is 3.44. The number of carbonyl (C=O) groups is 1. The number of hydrogen-bond donors (Lipinski definition) is 2. The molecule has 3 N–H and O–H groups in total. The summed E-state index contributed by atoms with van der Waals surface area (Å²) in [5.41, 5.74) is 10.2. The minimum Gasteiger partial charge on any atom is -0.397 e. The molecule has 1 heterocycles. The van der Waals surface area contributed by atoms with Gasteiger partial charge in [0.25, 0.3) is 5.91 Å². The first-order valence-corrected chi connectivity index (χ1v) is 9.39. The van der Waals surface area contributed by atoms with E-state index in [1.165, 1.54) is 5.56 Å². The number of carbonyl (C=O) groups excluding carboxylic acids is 1. The van der Waals surface area contributed by atoms with Gasteiger partial charge in [-0.15, -0.1) is 0 Å². The average Bonchev–Trinajstić information content (AvgIpc) is 3.11. The maximum Gasteiger partial charge on any atom is 0.255 e. The van der Waals surface area contributed by atoms with E-state index in [0.717, 1.165) is 31.6 Å². The van der Waals surface area contributed by atoms with Gasteiger partial charge in [-0.25, -0.2) is 0 Å². The van der Waals surface area contributed by atoms with Crippen molar-refractivity contribution in [3.8, 4) is 0 Å². The maximum absolute atomic E-state index is 12.6. The van der Waals surface area contributed by atoms with Crippen LogP contribution in [0.25, 0.3) is 0 Å². The van der Waals surface area contributed by atoms with E-state index >= 15 is 0 Å². The summed E-state index contributed by atoms with van der Waals surface area (Å²) in [7, 11) is 0. The van der Waals surface area contributed by atoms with Crippen molar-refractivity contribution < 1.29 is 4.79 Å². The van der Waals surface area contributed by atoms with Gasteiger partial charge in [-0.05, 0) is 48.1 Å². The minimum atomic E-state index is -0.176. The van der Waals surface area contributed by atoms with Crippen LogP contribution in [0.5, 0.6) is 0 Å². The van der Waals surface area contributed by atoms with E-state index in [0.29, 0.717) is 22.0 Å². The van der Waals surface area contributed by atoms with Gasteiger partial charge in [0.15, 0.2) is 0 Å². The molecule has 26 heavy (non-hydrogen) atoms. The van der Waals surface area contributed by atoms with Crippen LogP contribution in [-0.2, 0) is 5.41 Å². The molecule has 0 bridgehead atoms. The van der Waals surface area contributed by atoms with Gasteiger partial charge in [-0.3, -0.25) is 4.79 Å². The first-order chi connectivity index (χ1) is 12.3. The van der Waals surface area contributed by atoms with E-state index in [4.69, 9.17) is 17.3 Å². The summed E-state index contributed by atoms with van der Waals surface area (Å²) in [6, 6.07) is 11.3. The predicted molar refractivity (Wildman–Crippen MR) is 110 cm³/mol. The lowest BCUT2D eigenvalue weighted by Crippen LogP contribution is -2.20. The number of nitrogens with zero attached hydrogens (tertiary/aromatic N) is 1. The second kappa shape index (κ2) is 7.20. The van der Waals surface area contributed by atoms with Crippen LogP contribution in [0.4, 0.5) is 17.1 Å². The lowest BCUT2D eigenvalue weighted by Gasteiger charge is -2.21. The second-order valence-electron chi connectivity index (χ2n) is 7.87. The summed E-state index contributed by atoms with van der Waals surface area (Å²) in [4.78, 5) is 14.9. The fourth-order valence-electron chi connectivity index (χ4n) is 3.22. The van der Waals surface area contributed by atoms with Gasteiger partial charge < -0.3 is 16.0 Å². The summed E-state index contributed by atoms with van der Waals surface area (Å²) in [6.07, 6.45) is 2.31. The molecule has 1 aliphatic rings. The molecule has 0 spiro atoms. The Kier molecular flexibility index (Phi) is 5.15. The highest BCUT2D eigenvalue weighted by Crippen LogP contribution is 2.35. The van der Waals surface area contributed by atoms with Crippen LogP contribution in [0, 0.1) is 0 Å². The largest absolute Gasteiger partial charge is 0.397 e. The third kappa shape index (κ3) is 3.96. The Morgan fingerprint density at radius 3 is 2.31 bits per heavy atom. The van der Waals surface area contributed by atoms with Crippen molar-refractivity contribution in [1.82, 2.24) is 0 Å². The van der Waals surface area contributed by atoms with Crippen LogP contribution in [0.15, 0.2) is 36.4 Å². The van der Waals surface area contributed by atoms with Gasteiger partial charge >= 0.3 is 0 Å². The zero-order valence-electron chi connectivity index (χ0n) is 15.6. The Labute approximate surface area is 160 Å². The van der Waals surface area contributed by atoms with Crippen molar-refractivity contribution in [2.45, 2.75) is 39.0 Å². The smallest absolute Gasteiger partial charge is 0.255 e. The second-order valence-corrected chi connectivity index (χ2v) is 8.27. The van der Waals surface area contributed by atoms with Gasteiger partial charge in [0.1, 0.15) is 0 Å². The lowest BCUT2D eigenvalue weighted by molar-refractivity contribution is 0.102. The third-order valence-corrected chi connectivity index (χ3v) is 5.14. The first-order valence-electron chi connectivity index (χ1n) is 9.01. The Balaban J connectivity index is 1.81. The molecule has 1 saturated heterocycles. The van der Waals surface area contributed by atoms with Crippen molar-refractivity contribution in [2.75, 3.05) is 29.0 Å². The van der Waals surface area contributed by atoms with E-state index in [1.807, 2.05) is 30.3 Å². The van der Waals surface area contributed by atoms with Gasteiger partial charge in [-0.1, -0.05) is 44.5 Å². The molecule has 3 rings (SSSR count). The summed E-state index contributed by atoms with van der Waals surface area (Å²) < 4.78 is 0. The molecule has 4 nitrogen and oxygen atoms in total. The minimum absolute atomic E-state index is 0.0555. The molecule has 0 radical (unpaired) electrons. The van der Waals surface area contributed by atoms with E-state index < -0.39 is 0 Å². The van der Waals surface area contributed by atoms with Crippen LogP contribution in [-0.4, -0.2) is 19.0 Å². The highest BCUT2D eigenvalue weighted by atomic mass is 35.5. The van der Waals surface area contributed by atoms with E-state index in [2.05, 4.69) is 31.0 Å². The zero-order chi connectivity index (χ0) is 18.9. The Morgan fingerprint density at radius 2 is 1.73 bits per heavy atom. The van der Waals surface area contributed by atoms with Crippen LogP contribution >= 0.6 is 11.6 Å². The number of rotatable bonds is 3. The molecular formula is C21H26ClN3O. The SMILES string of the molecule is CC(C)(C)c1ccc(C(=O)Nc2cc(N3CCCC3)c(N)cc2Cl)cc1. The summed E-state index contributed by atoms with van der Waals surface area (Å²) in [6.45, 7) is 8.41. The molecule has 0 saturated carbocycles. The summed E-state index contributed by atoms with van der Waals surface area (Å²) >= 11 is 6.31. The number of nitrogen functional groups attached to an aromatic ring is 1. The number of anilines is 3. The first kappa shape index (κ1) is 18.6. The monoisotopic (exact) mass is 371 g/mol. The van der Waals surface area contributed by atoms with Crippen molar-refractivity contribution in [2.24, 2.45) is 0 Å². The summed E-state index contributed by atoms with van der Waals surface area (Å²) in [5, 5.41) is 3.37. The molecule has 5 heteroatoms. The molecule has 0 atom stereocenters. The highest BCUT2D eigenvalue weighted by molar-refractivity contribution is 6.34. The summed E-state index contributed by atoms with van der Waals surface area (Å²) in [5.74, 6) is -0.176. The van der Waals surface area contributed by atoms with Gasteiger partial charge in [0.2, 0.25) is 0 Å². The van der Waals surface area contributed by atoms with Crippen LogP contribution < -0.4 is 16.0 Å². The van der Waals surface area contributed by atoms with Gasteiger partial charge in [-0.2, -0.15) is 0 Å². The number of hydrogen-bond acceptors (Lipinski definition) is 3. The van der Waals surface area contributed by atoms with Gasteiger partial charge in [0.05, 0.1) is 22.1 Å². The van der Waals surface area contributed by atoms with Crippen LogP contribution in [0.2, 0.25) is 5.02 Å². The molecule has 2 aromatic rings. The number of halogens is 1. The van der Waals surface area contributed by atoms with Crippen molar-refractivity contribution >= 4 is 34.6 Å². The number of nitrogens with one attached hydrogen (secondary N) is 1. The van der Waals surface area contributed by atoms with Crippen molar-refractivity contribution in [1.29, 1.82) is 0 Å². The van der Waals surface area contributed by atoms with E-state index in [9.17, 15) is 4.79 Å². The maximum atomic E-state index is 12.6.